The van der Waals surface area contributed by atoms with Gasteiger partial charge < -0.3 is 10.1 Å². The zero-order valence-corrected chi connectivity index (χ0v) is 17.5. The maximum absolute atomic E-state index is 13.8. The summed E-state index contributed by atoms with van der Waals surface area (Å²) in [5.41, 5.74) is 0.572. The molecule has 1 fully saturated rings. The monoisotopic (exact) mass is 459 g/mol. The van der Waals surface area contributed by atoms with Gasteiger partial charge in [0.25, 0.3) is 17.1 Å². The number of nitrogens with zero attached hydrogens (tertiary/aromatic N) is 2. The summed E-state index contributed by atoms with van der Waals surface area (Å²) in [4.78, 5) is 37.6. The van der Waals surface area contributed by atoms with Crippen molar-refractivity contribution in [3.8, 4) is 11.8 Å². The Morgan fingerprint density at radius 3 is 2.77 bits per heavy atom. The van der Waals surface area contributed by atoms with E-state index in [0.29, 0.717) is 17.3 Å². The zero-order chi connectivity index (χ0) is 22.4. The molecule has 3 rings (SSSR count). The summed E-state index contributed by atoms with van der Waals surface area (Å²) in [5.74, 6) is -1.27. The standard InChI is InChI=1S/C21H15ClFN3O4S/c22-15-9-13(11-24)5-6-17(15)30-12-19(27)25-7-8-26-20(28)18(31-21(26)29)10-14-3-1-2-4-16(14)23/h1-6,9-10H,7-8,12H2,(H,25,27)/b18-10-. The minimum Gasteiger partial charge on any atom is -0.482 e. The minimum absolute atomic E-state index is 0.0221. The molecule has 2 aromatic rings. The smallest absolute Gasteiger partial charge is 0.293 e. The van der Waals surface area contributed by atoms with Gasteiger partial charge in [0.15, 0.2) is 6.61 Å². The van der Waals surface area contributed by atoms with Gasteiger partial charge in [-0.1, -0.05) is 29.8 Å². The summed E-state index contributed by atoms with van der Waals surface area (Å²) >= 11 is 6.69. The molecule has 1 N–H and O–H groups in total. The Bertz CT molecular complexity index is 1120. The number of ether oxygens (including phenoxy) is 1. The summed E-state index contributed by atoms with van der Waals surface area (Å²) in [5, 5.41) is 11.1. The molecule has 3 amide bonds. The number of rotatable bonds is 7. The molecule has 1 aliphatic heterocycles. The predicted molar refractivity (Wildman–Crippen MR) is 114 cm³/mol. The van der Waals surface area contributed by atoms with E-state index in [-0.39, 0.29) is 40.9 Å². The fourth-order valence-electron chi connectivity index (χ4n) is 2.62. The van der Waals surface area contributed by atoms with Crippen LogP contribution >= 0.6 is 23.4 Å². The fraction of sp³-hybridized carbons (Fsp3) is 0.143. The van der Waals surface area contributed by atoms with Crippen LogP contribution < -0.4 is 10.1 Å². The van der Waals surface area contributed by atoms with E-state index in [9.17, 15) is 18.8 Å². The van der Waals surface area contributed by atoms with Crippen molar-refractivity contribution in [2.24, 2.45) is 0 Å². The highest BCUT2D eigenvalue weighted by atomic mass is 35.5. The molecule has 0 bridgehead atoms. The lowest BCUT2D eigenvalue weighted by molar-refractivity contribution is -0.125. The minimum atomic E-state index is -0.548. The molecule has 158 valence electrons. The molecule has 0 spiro atoms. The first kappa shape index (κ1) is 22.3. The van der Waals surface area contributed by atoms with Crippen molar-refractivity contribution in [3.63, 3.8) is 0 Å². The molecule has 1 aliphatic rings. The lowest BCUT2D eigenvalue weighted by atomic mass is 10.2. The number of nitriles is 1. The molecule has 0 aliphatic carbocycles. The average molecular weight is 460 g/mol. The Kier molecular flexibility index (Phi) is 7.28. The van der Waals surface area contributed by atoms with Crippen molar-refractivity contribution in [3.05, 3.63) is 69.3 Å². The maximum atomic E-state index is 13.8. The van der Waals surface area contributed by atoms with Gasteiger partial charge in [-0.2, -0.15) is 5.26 Å². The number of carbonyl (C=O) groups excluding carboxylic acids is 3. The van der Waals surface area contributed by atoms with Crippen molar-refractivity contribution in [2.45, 2.75) is 0 Å². The Balaban J connectivity index is 1.49. The van der Waals surface area contributed by atoms with Gasteiger partial charge in [0.1, 0.15) is 11.6 Å². The average Bonchev–Trinajstić information content (AvgIpc) is 3.01. The molecule has 1 heterocycles. The van der Waals surface area contributed by atoms with Crippen molar-refractivity contribution in [2.75, 3.05) is 19.7 Å². The van der Waals surface area contributed by atoms with Gasteiger partial charge in [-0.25, -0.2) is 4.39 Å². The third-order valence-corrected chi connectivity index (χ3v) is 5.35. The highest BCUT2D eigenvalue weighted by Crippen LogP contribution is 2.32. The maximum Gasteiger partial charge on any atom is 0.293 e. The summed E-state index contributed by atoms with van der Waals surface area (Å²) in [6, 6.07) is 12.3. The van der Waals surface area contributed by atoms with Crippen LogP contribution in [0.1, 0.15) is 11.1 Å². The molecular weight excluding hydrogens is 445 g/mol. The van der Waals surface area contributed by atoms with Crippen LogP contribution in [-0.4, -0.2) is 41.6 Å². The first-order valence-corrected chi connectivity index (χ1v) is 10.2. The van der Waals surface area contributed by atoms with Gasteiger partial charge in [-0.15, -0.1) is 0 Å². The third-order valence-electron chi connectivity index (χ3n) is 4.14. The second kappa shape index (κ2) is 10.1. The molecule has 2 aromatic carbocycles. The number of halogens is 2. The predicted octanol–water partition coefficient (Wildman–Crippen LogP) is 3.58. The largest absolute Gasteiger partial charge is 0.482 e. The first-order chi connectivity index (χ1) is 14.9. The van der Waals surface area contributed by atoms with E-state index < -0.39 is 22.9 Å². The lowest BCUT2D eigenvalue weighted by Crippen LogP contribution is -2.38. The molecule has 0 unspecified atom stereocenters. The number of benzene rings is 2. The van der Waals surface area contributed by atoms with Gasteiger partial charge >= 0.3 is 0 Å². The molecule has 0 radical (unpaired) electrons. The van der Waals surface area contributed by atoms with Crippen LogP contribution in [0.3, 0.4) is 0 Å². The van der Waals surface area contributed by atoms with Crippen LogP contribution in [0.2, 0.25) is 5.02 Å². The quantitative estimate of drug-likeness (QED) is 0.635. The highest BCUT2D eigenvalue weighted by molar-refractivity contribution is 8.18. The Hall–Kier alpha value is -3.35. The number of thioether (sulfide) groups is 1. The fourth-order valence-corrected chi connectivity index (χ4v) is 3.71. The van der Waals surface area contributed by atoms with Crippen LogP contribution in [0.15, 0.2) is 47.4 Å². The van der Waals surface area contributed by atoms with E-state index in [1.165, 1.54) is 42.5 Å². The van der Waals surface area contributed by atoms with Gasteiger partial charge in [0.2, 0.25) is 0 Å². The van der Waals surface area contributed by atoms with Crippen molar-refractivity contribution >= 4 is 46.5 Å². The summed E-state index contributed by atoms with van der Waals surface area (Å²) in [6.45, 7) is -0.350. The van der Waals surface area contributed by atoms with Crippen molar-refractivity contribution in [1.82, 2.24) is 10.2 Å². The van der Waals surface area contributed by atoms with E-state index in [1.54, 1.807) is 6.07 Å². The molecule has 31 heavy (non-hydrogen) atoms. The van der Waals surface area contributed by atoms with Gasteiger partial charge in [0.05, 0.1) is 21.6 Å². The number of hydrogen-bond acceptors (Lipinski definition) is 6. The van der Waals surface area contributed by atoms with Crippen LogP contribution in [0.4, 0.5) is 9.18 Å². The Morgan fingerprint density at radius 2 is 2.06 bits per heavy atom. The third kappa shape index (κ3) is 5.63. The van der Waals surface area contributed by atoms with E-state index in [0.717, 1.165) is 4.90 Å². The molecule has 10 heteroatoms. The molecule has 0 aromatic heterocycles. The summed E-state index contributed by atoms with van der Waals surface area (Å²) in [7, 11) is 0. The van der Waals surface area contributed by atoms with E-state index in [1.807, 2.05) is 6.07 Å². The first-order valence-electron chi connectivity index (χ1n) is 8.98. The van der Waals surface area contributed by atoms with Crippen LogP contribution in [-0.2, 0) is 9.59 Å². The SMILES string of the molecule is N#Cc1ccc(OCC(=O)NCCN2C(=O)S/C(=C\c3ccccc3F)C2=O)c(Cl)c1. The van der Waals surface area contributed by atoms with Crippen LogP contribution in [0.25, 0.3) is 6.08 Å². The number of amides is 3. The Morgan fingerprint density at radius 1 is 1.29 bits per heavy atom. The second-order valence-electron chi connectivity index (χ2n) is 6.25. The topological polar surface area (TPSA) is 99.5 Å². The highest BCUT2D eigenvalue weighted by Gasteiger charge is 2.34. The van der Waals surface area contributed by atoms with Gasteiger partial charge in [-0.3, -0.25) is 19.3 Å². The van der Waals surface area contributed by atoms with Crippen molar-refractivity contribution in [1.29, 1.82) is 5.26 Å². The number of imide groups is 1. The normalized spacial score (nSPS) is 14.6. The summed E-state index contributed by atoms with van der Waals surface area (Å²) < 4.78 is 19.1. The zero-order valence-electron chi connectivity index (χ0n) is 15.9. The number of carbonyl (C=O) groups is 3. The van der Waals surface area contributed by atoms with Crippen LogP contribution in [0.5, 0.6) is 5.75 Å². The number of nitrogens with one attached hydrogen (secondary N) is 1. The molecule has 0 atom stereocenters. The second-order valence-corrected chi connectivity index (χ2v) is 7.65. The van der Waals surface area contributed by atoms with Gasteiger partial charge in [-0.05, 0) is 42.1 Å². The lowest BCUT2D eigenvalue weighted by Gasteiger charge is -2.13. The van der Waals surface area contributed by atoms with E-state index >= 15 is 0 Å². The Labute approximate surface area is 186 Å². The van der Waals surface area contributed by atoms with E-state index in [2.05, 4.69) is 5.32 Å². The molecule has 7 nitrogen and oxygen atoms in total. The van der Waals surface area contributed by atoms with Crippen molar-refractivity contribution < 1.29 is 23.5 Å². The molecular formula is C21H15ClFN3O4S. The number of hydrogen-bond donors (Lipinski definition) is 1. The molecule has 1 saturated heterocycles. The van der Waals surface area contributed by atoms with E-state index in [4.69, 9.17) is 21.6 Å². The summed E-state index contributed by atoms with van der Waals surface area (Å²) in [6.07, 6.45) is 1.33. The van der Waals surface area contributed by atoms with Gasteiger partial charge in [0, 0.05) is 18.7 Å². The van der Waals surface area contributed by atoms with Crippen LogP contribution in [0, 0.1) is 17.1 Å². The molecule has 0 saturated carbocycles.